The molecule has 1 aromatic carbocycles. The molecular formula is C15H21N3O6. The van der Waals surface area contributed by atoms with E-state index < -0.39 is 28.8 Å². The van der Waals surface area contributed by atoms with E-state index in [-0.39, 0.29) is 18.7 Å². The van der Waals surface area contributed by atoms with Gasteiger partial charge in [0.25, 0.3) is 5.69 Å². The van der Waals surface area contributed by atoms with Gasteiger partial charge >= 0.3 is 12.2 Å². The van der Waals surface area contributed by atoms with Crippen molar-refractivity contribution in [2.45, 2.75) is 38.8 Å². The highest BCUT2D eigenvalue weighted by atomic mass is 16.6. The summed E-state index contributed by atoms with van der Waals surface area (Å²) in [5, 5.41) is 13.2. The van der Waals surface area contributed by atoms with Gasteiger partial charge in [0.1, 0.15) is 12.2 Å². The first-order valence-electron chi connectivity index (χ1n) is 7.22. The number of alkyl carbamates (subject to hydrolysis) is 1. The van der Waals surface area contributed by atoms with Gasteiger partial charge in [0, 0.05) is 12.1 Å². The summed E-state index contributed by atoms with van der Waals surface area (Å²) >= 11 is 0. The Morgan fingerprint density at radius 3 is 2.33 bits per heavy atom. The van der Waals surface area contributed by atoms with Crippen LogP contribution in [0.5, 0.6) is 0 Å². The first kappa shape index (κ1) is 19.2. The van der Waals surface area contributed by atoms with E-state index in [0.29, 0.717) is 0 Å². The van der Waals surface area contributed by atoms with Crippen LogP contribution in [0, 0.1) is 10.1 Å². The van der Waals surface area contributed by atoms with Crippen LogP contribution >= 0.6 is 0 Å². The summed E-state index contributed by atoms with van der Waals surface area (Å²) in [5.41, 5.74) is 4.94. The van der Waals surface area contributed by atoms with Crippen LogP contribution in [0.4, 0.5) is 15.3 Å². The molecule has 0 aromatic heterocycles. The number of non-ortho nitro benzene ring substituents is 1. The number of carbonyl (C=O) groups excluding carboxylic acids is 2. The molecule has 0 heterocycles. The second-order valence-corrected chi connectivity index (χ2v) is 6.10. The predicted molar refractivity (Wildman–Crippen MR) is 85.5 cm³/mol. The fraction of sp³-hybridized carbons (Fsp3) is 0.467. The van der Waals surface area contributed by atoms with E-state index in [1.807, 2.05) is 0 Å². The van der Waals surface area contributed by atoms with Gasteiger partial charge in [0.05, 0.1) is 11.0 Å². The molecule has 0 aliphatic rings. The Balaban J connectivity index is 2.75. The number of hydrogen-bond donors (Lipinski definition) is 2. The van der Waals surface area contributed by atoms with Crippen LogP contribution in [-0.2, 0) is 15.9 Å². The third-order valence-electron chi connectivity index (χ3n) is 2.78. The molecule has 132 valence electrons. The molecule has 0 bridgehead atoms. The number of amides is 2. The average molecular weight is 339 g/mol. The van der Waals surface area contributed by atoms with Crippen LogP contribution < -0.4 is 11.1 Å². The third kappa shape index (κ3) is 7.43. The number of primary amides is 1. The zero-order valence-electron chi connectivity index (χ0n) is 13.8. The van der Waals surface area contributed by atoms with Crippen molar-refractivity contribution in [1.29, 1.82) is 0 Å². The largest absolute Gasteiger partial charge is 0.448 e. The van der Waals surface area contributed by atoms with Gasteiger partial charge in [-0.1, -0.05) is 12.1 Å². The van der Waals surface area contributed by atoms with E-state index >= 15 is 0 Å². The minimum absolute atomic E-state index is 0.0382. The summed E-state index contributed by atoms with van der Waals surface area (Å²) in [6.45, 7) is 5.01. The van der Waals surface area contributed by atoms with Crippen molar-refractivity contribution < 1.29 is 24.0 Å². The molecule has 2 amide bonds. The number of nitro benzene ring substituents is 1. The molecule has 0 saturated carbocycles. The number of ether oxygens (including phenoxy) is 2. The van der Waals surface area contributed by atoms with Crippen LogP contribution in [0.25, 0.3) is 0 Å². The Morgan fingerprint density at radius 1 is 1.29 bits per heavy atom. The minimum Gasteiger partial charge on any atom is -0.448 e. The number of rotatable bonds is 6. The Morgan fingerprint density at radius 2 is 1.88 bits per heavy atom. The first-order chi connectivity index (χ1) is 11.1. The third-order valence-corrected chi connectivity index (χ3v) is 2.78. The van der Waals surface area contributed by atoms with E-state index in [1.54, 1.807) is 32.9 Å². The number of carbonyl (C=O) groups is 2. The average Bonchev–Trinajstić information content (AvgIpc) is 2.43. The summed E-state index contributed by atoms with van der Waals surface area (Å²) in [4.78, 5) is 32.8. The van der Waals surface area contributed by atoms with Crippen molar-refractivity contribution in [1.82, 2.24) is 5.32 Å². The molecule has 0 aliphatic heterocycles. The van der Waals surface area contributed by atoms with Gasteiger partial charge in [0.2, 0.25) is 0 Å². The summed E-state index contributed by atoms with van der Waals surface area (Å²) in [7, 11) is 0. The van der Waals surface area contributed by atoms with Crippen LogP contribution in [-0.4, -0.2) is 35.4 Å². The Hall–Kier alpha value is -2.84. The number of nitrogens with one attached hydrogen (secondary N) is 1. The van der Waals surface area contributed by atoms with Crippen molar-refractivity contribution in [2.75, 3.05) is 6.61 Å². The normalized spacial score (nSPS) is 12.1. The molecule has 1 rings (SSSR count). The van der Waals surface area contributed by atoms with Crippen molar-refractivity contribution in [2.24, 2.45) is 5.73 Å². The fourth-order valence-electron chi connectivity index (χ4n) is 1.85. The second kappa shape index (κ2) is 8.14. The molecule has 0 radical (unpaired) electrons. The van der Waals surface area contributed by atoms with Crippen LogP contribution in [0.2, 0.25) is 0 Å². The molecule has 0 spiro atoms. The number of nitro groups is 1. The van der Waals surface area contributed by atoms with Crippen molar-refractivity contribution in [3.05, 3.63) is 39.9 Å². The highest BCUT2D eigenvalue weighted by molar-refractivity contribution is 5.68. The number of nitrogens with zero attached hydrogens (tertiary/aromatic N) is 1. The minimum atomic E-state index is -0.963. The van der Waals surface area contributed by atoms with E-state index in [2.05, 4.69) is 5.32 Å². The molecule has 0 fully saturated rings. The summed E-state index contributed by atoms with van der Waals surface area (Å²) in [6.07, 6.45) is -1.35. The van der Waals surface area contributed by atoms with Crippen LogP contribution in [0.15, 0.2) is 24.3 Å². The SMILES string of the molecule is CC(C)(C)OC(=O)N[C@H](COC(N)=O)Cc1ccc([N+](=O)[O-])cc1. The van der Waals surface area contributed by atoms with Gasteiger partial charge in [-0.05, 0) is 32.8 Å². The topological polar surface area (TPSA) is 134 Å². The summed E-state index contributed by atoms with van der Waals surface area (Å²) in [5.74, 6) is 0. The second-order valence-electron chi connectivity index (χ2n) is 6.10. The van der Waals surface area contributed by atoms with Crippen LogP contribution in [0.3, 0.4) is 0 Å². The standard InChI is InChI=1S/C15H21N3O6/c1-15(2,3)24-14(20)17-11(9-23-13(16)19)8-10-4-6-12(7-5-10)18(21)22/h4-7,11H,8-9H2,1-3H3,(H2,16,19)(H,17,20)/t11-/m0/s1. The monoisotopic (exact) mass is 339 g/mol. The zero-order chi connectivity index (χ0) is 18.3. The fourth-order valence-corrected chi connectivity index (χ4v) is 1.85. The van der Waals surface area contributed by atoms with Gasteiger partial charge < -0.3 is 20.5 Å². The Kier molecular flexibility index (Phi) is 6.51. The first-order valence-corrected chi connectivity index (χ1v) is 7.22. The number of benzene rings is 1. The molecule has 3 N–H and O–H groups in total. The molecular weight excluding hydrogens is 318 g/mol. The number of hydrogen-bond acceptors (Lipinski definition) is 6. The Bertz CT molecular complexity index is 594. The smallest absolute Gasteiger partial charge is 0.408 e. The van der Waals surface area contributed by atoms with Crippen molar-refractivity contribution in [3.63, 3.8) is 0 Å². The lowest BCUT2D eigenvalue weighted by molar-refractivity contribution is -0.384. The maximum Gasteiger partial charge on any atom is 0.408 e. The molecule has 9 heteroatoms. The predicted octanol–water partition coefficient (Wildman–Crippen LogP) is 2.13. The van der Waals surface area contributed by atoms with Crippen molar-refractivity contribution in [3.8, 4) is 0 Å². The zero-order valence-corrected chi connectivity index (χ0v) is 13.8. The maximum absolute atomic E-state index is 11.9. The van der Waals surface area contributed by atoms with Crippen LogP contribution in [0.1, 0.15) is 26.3 Å². The summed E-state index contributed by atoms with van der Waals surface area (Å²) < 4.78 is 9.88. The molecule has 9 nitrogen and oxygen atoms in total. The van der Waals surface area contributed by atoms with Gasteiger partial charge in [-0.15, -0.1) is 0 Å². The van der Waals surface area contributed by atoms with Crippen molar-refractivity contribution >= 4 is 17.9 Å². The molecule has 0 unspecified atom stereocenters. The van der Waals surface area contributed by atoms with Gasteiger partial charge in [-0.3, -0.25) is 10.1 Å². The van der Waals surface area contributed by atoms with E-state index in [9.17, 15) is 19.7 Å². The summed E-state index contributed by atoms with van der Waals surface area (Å²) in [6, 6.07) is 5.25. The maximum atomic E-state index is 11.9. The molecule has 0 aliphatic carbocycles. The van der Waals surface area contributed by atoms with E-state index in [1.165, 1.54) is 12.1 Å². The lowest BCUT2D eigenvalue weighted by Gasteiger charge is -2.23. The molecule has 1 atom stereocenters. The van der Waals surface area contributed by atoms with Gasteiger partial charge in [-0.2, -0.15) is 0 Å². The van der Waals surface area contributed by atoms with E-state index in [0.717, 1.165) is 5.56 Å². The molecule has 24 heavy (non-hydrogen) atoms. The van der Waals surface area contributed by atoms with E-state index in [4.69, 9.17) is 15.2 Å². The highest BCUT2D eigenvalue weighted by Gasteiger charge is 2.21. The van der Waals surface area contributed by atoms with Gasteiger partial charge in [-0.25, -0.2) is 9.59 Å². The molecule has 1 aromatic rings. The Labute approximate surface area is 139 Å². The molecule has 0 saturated heterocycles. The lowest BCUT2D eigenvalue weighted by atomic mass is 10.1. The lowest BCUT2D eigenvalue weighted by Crippen LogP contribution is -2.43. The van der Waals surface area contributed by atoms with Gasteiger partial charge in [0.15, 0.2) is 0 Å². The number of nitrogens with two attached hydrogens (primary N) is 1. The quantitative estimate of drug-likeness (QED) is 0.602. The highest BCUT2D eigenvalue weighted by Crippen LogP contribution is 2.14.